The number of benzene rings is 1. The Kier molecular flexibility index (Phi) is 6.26. The standard InChI is InChI=1S/C17H24F4N4/c1-22-16(24-10-15(25(2)3)11-4-5-11)23-9-12-6-7-13(18)8-14(12)17(19,20)21/h6-8,11,15H,4-5,9-10H2,1-3H3,(H2,22,23,24). The van der Waals surface area contributed by atoms with Crippen LogP contribution >= 0.6 is 0 Å². The Labute approximate surface area is 145 Å². The lowest BCUT2D eigenvalue weighted by Crippen LogP contribution is -2.45. The Morgan fingerprint density at radius 1 is 1.28 bits per heavy atom. The van der Waals surface area contributed by atoms with E-state index in [1.165, 1.54) is 12.8 Å². The highest BCUT2D eigenvalue weighted by atomic mass is 19.4. The van der Waals surface area contributed by atoms with E-state index in [-0.39, 0.29) is 12.1 Å². The Morgan fingerprint density at radius 2 is 1.96 bits per heavy atom. The Morgan fingerprint density at radius 3 is 2.48 bits per heavy atom. The van der Waals surface area contributed by atoms with Crippen molar-refractivity contribution in [2.45, 2.75) is 31.6 Å². The molecular formula is C17H24F4N4. The largest absolute Gasteiger partial charge is 0.416 e. The Balaban J connectivity index is 1.97. The second-order valence-electron chi connectivity index (χ2n) is 6.47. The molecule has 0 saturated heterocycles. The van der Waals surface area contributed by atoms with Gasteiger partial charge in [-0.2, -0.15) is 13.2 Å². The van der Waals surface area contributed by atoms with Crippen molar-refractivity contribution in [3.05, 3.63) is 35.1 Å². The molecule has 0 radical (unpaired) electrons. The summed E-state index contributed by atoms with van der Waals surface area (Å²) in [6, 6.07) is 3.04. The van der Waals surface area contributed by atoms with E-state index in [2.05, 4.69) is 20.5 Å². The van der Waals surface area contributed by atoms with Gasteiger partial charge in [0, 0.05) is 26.2 Å². The maximum absolute atomic E-state index is 13.1. The molecule has 2 rings (SSSR count). The SMILES string of the molecule is CN=C(NCc1ccc(F)cc1C(F)(F)F)NCC(C1CC1)N(C)C. The molecule has 8 heteroatoms. The van der Waals surface area contributed by atoms with Crippen molar-refractivity contribution in [1.29, 1.82) is 0 Å². The van der Waals surface area contributed by atoms with Crippen molar-refractivity contribution in [2.24, 2.45) is 10.9 Å². The summed E-state index contributed by atoms with van der Waals surface area (Å²) in [5.74, 6) is 0.163. The van der Waals surface area contributed by atoms with Crippen LogP contribution in [0.1, 0.15) is 24.0 Å². The van der Waals surface area contributed by atoms with Gasteiger partial charge in [0.1, 0.15) is 5.82 Å². The van der Waals surface area contributed by atoms with Crippen molar-refractivity contribution in [2.75, 3.05) is 27.7 Å². The fourth-order valence-electron chi connectivity index (χ4n) is 2.82. The fraction of sp³-hybridized carbons (Fsp3) is 0.588. The van der Waals surface area contributed by atoms with Crippen LogP contribution in [0.2, 0.25) is 0 Å². The zero-order valence-electron chi connectivity index (χ0n) is 14.6. The first-order valence-electron chi connectivity index (χ1n) is 8.19. The maximum Gasteiger partial charge on any atom is 0.416 e. The molecule has 1 fully saturated rings. The first kappa shape index (κ1) is 19.5. The van der Waals surface area contributed by atoms with Gasteiger partial charge in [0.15, 0.2) is 5.96 Å². The molecule has 1 aromatic carbocycles. The van der Waals surface area contributed by atoms with Gasteiger partial charge in [0.2, 0.25) is 0 Å². The van der Waals surface area contributed by atoms with Crippen molar-refractivity contribution in [3.8, 4) is 0 Å². The van der Waals surface area contributed by atoms with Crippen molar-refractivity contribution >= 4 is 5.96 Å². The molecule has 0 amide bonds. The smallest absolute Gasteiger partial charge is 0.355 e. The number of alkyl halides is 3. The summed E-state index contributed by atoms with van der Waals surface area (Å²) in [6.07, 6.45) is -2.21. The molecule has 0 bridgehead atoms. The maximum atomic E-state index is 13.1. The van der Waals surface area contributed by atoms with Gasteiger partial charge in [0.05, 0.1) is 5.56 Å². The molecule has 2 N–H and O–H groups in total. The Hall–Kier alpha value is -1.83. The zero-order valence-corrected chi connectivity index (χ0v) is 14.6. The van der Waals surface area contributed by atoms with Gasteiger partial charge in [-0.3, -0.25) is 4.99 Å². The quantitative estimate of drug-likeness (QED) is 0.466. The minimum atomic E-state index is -4.60. The minimum absolute atomic E-state index is 0.0248. The van der Waals surface area contributed by atoms with E-state index in [9.17, 15) is 17.6 Å². The number of aliphatic imine (C=N–C) groups is 1. The van der Waals surface area contributed by atoms with E-state index < -0.39 is 17.6 Å². The number of halogens is 4. The van der Waals surface area contributed by atoms with E-state index >= 15 is 0 Å². The summed E-state index contributed by atoms with van der Waals surface area (Å²) in [5, 5.41) is 6.02. The van der Waals surface area contributed by atoms with Gasteiger partial charge >= 0.3 is 6.18 Å². The molecule has 0 heterocycles. The predicted octanol–water partition coefficient (Wildman–Crippen LogP) is 2.85. The summed E-state index contributed by atoms with van der Waals surface area (Å²) in [7, 11) is 5.58. The van der Waals surface area contributed by atoms with Gasteiger partial charge in [-0.05, 0) is 50.6 Å². The van der Waals surface area contributed by atoms with Crippen LogP contribution in [0, 0.1) is 11.7 Å². The number of nitrogens with one attached hydrogen (secondary N) is 2. The molecule has 4 nitrogen and oxygen atoms in total. The van der Waals surface area contributed by atoms with Crippen LogP contribution in [0.15, 0.2) is 23.2 Å². The first-order chi connectivity index (χ1) is 11.7. The highest BCUT2D eigenvalue weighted by Gasteiger charge is 2.34. The van der Waals surface area contributed by atoms with E-state index in [1.54, 1.807) is 7.05 Å². The van der Waals surface area contributed by atoms with Crippen LogP contribution in [0.3, 0.4) is 0 Å². The van der Waals surface area contributed by atoms with E-state index in [4.69, 9.17) is 0 Å². The number of hydrogen-bond acceptors (Lipinski definition) is 2. The lowest BCUT2D eigenvalue weighted by atomic mass is 10.1. The van der Waals surface area contributed by atoms with Crippen molar-refractivity contribution < 1.29 is 17.6 Å². The molecule has 140 valence electrons. The monoisotopic (exact) mass is 360 g/mol. The predicted molar refractivity (Wildman–Crippen MR) is 89.8 cm³/mol. The molecule has 0 aliphatic heterocycles. The van der Waals surface area contributed by atoms with Crippen LogP contribution in [0.25, 0.3) is 0 Å². The second-order valence-corrected chi connectivity index (χ2v) is 6.47. The zero-order chi connectivity index (χ0) is 18.6. The number of guanidine groups is 1. The number of nitrogens with zero attached hydrogens (tertiary/aromatic N) is 2. The van der Waals surface area contributed by atoms with Crippen LogP contribution < -0.4 is 10.6 Å². The molecule has 1 unspecified atom stereocenters. The molecule has 1 aliphatic carbocycles. The average Bonchev–Trinajstić information content (AvgIpc) is 3.35. The number of hydrogen-bond donors (Lipinski definition) is 2. The van der Waals surface area contributed by atoms with Crippen LogP contribution in [0.4, 0.5) is 17.6 Å². The molecule has 1 aromatic rings. The molecule has 1 saturated carbocycles. The van der Waals surface area contributed by atoms with Crippen LogP contribution in [-0.4, -0.2) is 44.6 Å². The number of likely N-dealkylation sites (N-methyl/N-ethyl adjacent to an activating group) is 1. The van der Waals surface area contributed by atoms with Crippen molar-refractivity contribution in [3.63, 3.8) is 0 Å². The van der Waals surface area contributed by atoms with Gasteiger partial charge < -0.3 is 15.5 Å². The van der Waals surface area contributed by atoms with E-state index in [0.717, 1.165) is 12.1 Å². The normalized spacial score (nSPS) is 16.9. The third kappa shape index (κ3) is 5.59. The minimum Gasteiger partial charge on any atom is -0.355 e. The van der Waals surface area contributed by atoms with Crippen molar-refractivity contribution in [1.82, 2.24) is 15.5 Å². The summed E-state index contributed by atoms with van der Waals surface area (Å²) in [5.41, 5.74) is -0.997. The van der Waals surface area contributed by atoms with E-state index in [1.807, 2.05) is 14.1 Å². The average molecular weight is 360 g/mol. The topological polar surface area (TPSA) is 39.7 Å². The summed E-state index contributed by atoms with van der Waals surface area (Å²) in [4.78, 5) is 6.18. The third-order valence-corrected chi connectivity index (χ3v) is 4.36. The van der Waals surface area contributed by atoms with Crippen LogP contribution in [-0.2, 0) is 12.7 Å². The van der Waals surface area contributed by atoms with Gasteiger partial charge in [-0.15, -0.1) is 0 Å². The van der Waals surface area contributed by atoms with Gasteiger partial charge in [-0.1, -0.05) is 6.07 Å². The lowest BCUT2D eigenvalue weighted by Gasteiger charge is -2.25. The molecule has 0 aromatic heterocycles. The lowest BCUT2D eigenvalue weighted by molar-refractivity contribution is -0.138. The van der Waals surface area contributed by atoms with Crippen LogP contribution in [0.5, 0.6) is 0 Å². The summed E-state index contributed by atoms with van der Waals surface area (Å²) < 4.78 is 52.2. The van der Waals surface area contributed by atoms with Gasteiger partial charge in [-0.25, -0.2) is 4.39 Å². The van der Waals surface area contributed by atoms with E-state index in [0.29, 0.717) is 30.5 Å². The first-order valence-corrected chi connectivity index (χ1v) is 8.19. The summed E-state index contributed by atoms with van der Waals surface area (Å²) >= 11 is 0. The fourth-order valence-corrected chi connectivity index (χ4v) is 2.82. The highest BCUT2D eigenvalue weighted by Crippen LogP contribution is 2.34. The molecule has 1 atom stereocenters. The second kappa shape index (κ2) is 8.03. The highest BCUT2D eigenvalue weighted by molar-refractivity contribution is 5.79. The molecule has 25 heavy (non-hydrogen) atoms. The molecular weight excluding hydrogens is 336 g/mol. The summed E-state index contributed by atoms with van der Waals surface area (Å²) in [6.45, 7) is 0.567. The number of rotatable bonds is 6. The molecule has 0 spiro atoms. The Bertz CT molecular complexity index is 607. The van der Waals surface area contributed by atoms with Gasteiger partial charge in [0.25, 0.3) is 0 Å². The molecule has 1 aliphatic rings. The third-order valence-electron chi connectivity index (χ3n) is 4.36.